The lowest BCUT2D eigenvalue weighted by molar-refractivity contribution is -0.161. The molecule has 0 fully saturated rings. The number of ether oxygens (including phenoxy) is 2. The van der Waals surface area contributed by atoms with Crippen LogP contribution in [0.25, 0.3) is 0 Å². The Morgan fingerprint density at radius 3 is 1.26 bits per heavy atom. The summed E-state index contributed by atoms with van der Waals surface area (Å²) in [5.41, 5.74) is 0. The molecule has 0 bridgehead atoms. The van der Waals surface area contributed by atoms with E-state index in [-0.39, 0.29) is 25.2 Å². The highest BCUT2D eigenvalue weighted by molar-refractivity contribution is 5.70. The van der Waals surface area contributed by atoms with Gasteiger partial charge >= 0.3 is 11.9 Å². The summed E-state index contributed by atoms with van der Waals surface area (Å²) in [6.45, 7) is 4.04. The maximum Gasteiger partial charge on any atom is 0.306 e. The molecule has 5 nitrogen and oxygen atoms in total. The Morgan fingerprint density at radius 2 is 0.886 bits per heavy atom. The van der Waals surface area contributed by atoms with Gasteiger partial charge in [-0.05, 0) is 12.8 Å². The molecule has 0 heterocycles. The second kappa shape index (κ2) is 27.5. The van der Waals surface area contributed by atoms with E-state index in [0.29, 0.717) is 12.8 Å². The number of esters is 2. The van der Waals surface area contributed by atoms with Crippen LogP contribution in [0.5, 0.6) is 0 Å². The zero-order chi connectivity index (χ0) is 25.8. The maximum absolute atomic E-state index is 12.0. The largest absolute Gasteiger partial charge is 0.462 e. The first-order valence-electron chi connectivity index (χ1n) is 15.1. The summed E-state index contributed by atoms with van der Waals surface area (Å²) in [4.78, 5) is 23.8. The van der Waals surface area contributed by atoms with Crippen LogP contribution in [0.15, 0.2) is 0 Å². The van der Waals surface area contributed by atoms with E-state index in [2.05, 4.69) is 13.8 Å². The molecule has 35 heavy (non-hydrogen) atoms. The van der Waals surface area contributed by atoms with E-state index in [9.17, 15) is 14.7 Å². The zero-order valence-electron chi connectivity index (χ0n) is 23.3. The fourth-order valence-electron chi connectivity index (χ4n) is 4.32. The van der Waals surface area contributed by atoms with Gasteiger partial charge in [-0.3, -0.25) is 9.59 Å². The Bertz CT molecular complexity index is 466. The standard InChI is InChI=1S/C30H58O5/c1-3-5-7-9-10-11-12-13-14-15-16-17-18-19-21-23-25-30(33)35-28(26-31)27-34-29(32)24-22-20-8-6-4-2/h28,31H,3-27H2,1-2H3. The summed E-state index contributed by atoms with van der Waals surface area (Å²) in [5.74, 6) is -0.598. The maximum atomic E-state index is 12.0. The fourth-order valence-corrected chi connectivity index (χ4v) is 4.32. The van der Waals surface area contributed by atoms with Gasteiger partial charge in [0.25, 0.3) is 0 Å². The van der Waals surface area contributed by atoms with Crippen molar-refractivity contribution < 1.29 is 24.2 Å². The summed E-state index contributed by atoms with van der Waals surface area (Å²) in [5, 5.41) is 9.40. The van der Waals surface area contributed by atoms with Gasteiger partial charge in [-0.15, -0.1) is 0 Å². The average Bonchev–Trinajstić information content (AvgIpc) is 2.86. The summed E-state index contributed by atoms with van der Waals surface area (Å²) >= 11 is 0. The number of hydrogen-bond acceptors (Lipinski definition) is 5. The number of aliphatic hydroxyl groups excluding tert-OH is 1. The van der Waals surface area contributed by atoms with Crippen molar-refractivity contribution in [2.24, 2.45) is 0 Å². The molecule has 0 aromatic carbocycles. The normalized spacial score (nSPS) is 12.0. The number of rotatable bonds is 27. The highest BCUT2D eigenvalue weighted by Crippen LogP contribution is 2.14. The van der Waals surface area contributed by atoms with Crippen LogP contribution in [-0.4, -0.2) is 36.4 Å². The average molecular weight is 499 g/mol. The Morgan fingerprint density at radius 1 is 0.543 bits per heavy atom. The van der Waals surface area contributed by atoms with Crippen LogP contribution >= 0.6 is 0 Å². The molecule has 0 aromatic heterocycles. The first-order valence-corrected chi connectivity index (χ1v) is 15.1. The number of hydrogen-bond donors (Lipinski definition) is 1. The van der Waals surface area contributed by atoms with E-state index < -0.39 is 6.10 Å². The second-order valence-corrected chi connectivity index (χ2v) is 10.2. The van der Waals surface area contributed by atoms with Crippen LogP contribution in [0.3, 0.4) is 0 Å². The van der Waals surface area contributed by atoms with Gasteiger partial charge in [0.15, 0.2) is 6.10 Å². The molecular formula is C30H58O5. The van der Waals surface area contributed by atoms with Crippen LogP contribution in [0, 0.1) is 0 Å². The van der Waals surface area contributed by atoms with Crippen molar-refractivity contribution in [3.05, 3.63) is 0 Å². The summed E-state index contributed by atoms with van der Waals surface area (Å²) < 4.78 is 10.4. The van der Waals surface area contributed by atoms with Gasteiger partial charge in [-0.1, -0.05) is 136 Å². The quantitative estimate of drug-likeness (QED) is 0.0908. The molecular weight excluding hydrogens is 440 g/mol. The minimum atomic E-state index is -0.757. The molecule has 1 N–H and O–H groups in total. The minimum absolute atomic E-state index is 0.0605. The predicted octanol–water partition coefficient (Wildman–Crippen LogP) is 8.45. The molecule has 0 rings (SSSR count). The first-order chi connectivity index (χ1) is 17.1. The van der Waals surface area contributed by atoms with Gasteiger partial charge in [0.2, 0.25) is 0 Å². The van der Waals surface area contributed by atoms with E-state index >= 15 is 0 Å². The van der Waals surface area contributed by atoms with E-state index in [0.717, 1.165) is 38.5 Å². The summed E-state index contributed by atoms with van der Waals surface area (Å²) in [6, 6.07) is 0. The van der Waals surface area contributed by atoms with Gasteiger partial charge in [-0.2, -0.15) is 0 Å². The zero-order valence-corrected chi connectivity index (χ0v) is 23.3. The number of aliphatic hydroxyl groups is 1. The van der Waals surface area contributed by atoms with Crippen molar-refractivity contribution in [3.63, 3.8) is 0 Å². The Kier molecular flexibility index (Phi) is 26.6. The first kappa shape index (κ1) is 33.9. The predicted molar refractivity (Wildman–Crippen MR) is 145 cm³/mol. The van der Waals surface area contributed by atoms with Crippen LogP contribution < -0.4 is 0 Å². The molecule has 0 aliphatic carbocycles. The third-order valence-electron chi connectivity index (χ3n) is 6.65. The molecule has 0 spiro atoms. The fraction of sp³-hybridized carbons (Fsp3) is 0.933. The summed E-state index contributed by atoms with van der Waals surface area (Å²) in [7, 11) is 0. The van der Waals surface area contributed by atoms with Crippen molar-refractivity contribution in [2.45, 2.75) is 168 Å². The van der Waals surface area contributed by atoms with Gasteiger partial charge in [-0.25, -0.2) is 0 Å². The van der Waals surface area contributed by atoms with E-state index in [1.54, 1.807) is 0 Å². The molecule has 1 atom stereocenters. The lowest BCUT2D eigenvalue weighted by Gasteiger charge is -2.15. The van der Waals surface area contributed by atoms with E-state index in [4.69, 9.17) is 9.47 Å². The monoisotopic (exact) mass is 498 g/mol. The molecule has 0 aliphatic rings. The van der Waals surface area contributed by atoms with E-state index in [1.807, 2.05) is 0 Å². The second-order valence-electron chi connectivity index (χ2n) is 10.2. The molecule has 0 radical (unpaired) electrons. The highest BCUT2D eigenvalue weighted by atomic mass is 16.6. The Balaban J connectivity index is 3.49. The van der Waals surface area contributed by atoms with Crippen LogP contribution in [0.4, 0.5) is 0 Å². The molecule has 208 valence electrons. The van der Waals surface area contributed by atoms with Gasteiger partial charge < -0.3 is 14.6 Å². The number of carbonyl (C=O) groups excluding carboxylic acids is 2. The van der Waals surface area contributed by atoms with Crippen molar-refractivity contribution in [2.75, 3.05) is 13.2 Å². The molecule has 5 heteroatoms. The molecule has 0 aromatic rings. The van der Waals surface area contributed by atoms with Crippen molar-refractivity contribution in [1.82, 2.24) is 0 Å². The van der Waals surface area contributed by atoms with E-state index in [1.165, 1.54) is 96.3 Å². The topological polar surface area (TPSA) is 72.8 Å². The van der Waals surface area contributed by atoms with Crippen molar-refractivity contribution in [3.8, 4) is 0 Å². The number of carbonyl (C=O) groups is 2. The smallest absolute Gasteiger partial charge is 0.306 e. The third-order valence-corrected chi connectivity index (χ3v) is 6.65. The highest BCUT2D eigenvalue weighted by Gasteiger charge is 2.16. The molecule has 0 saturated carbocycles. The summed E-state index contributed by atoms with van der Waals surface area (Å²) in [6.07, 6.45) is 26.1. The van der Waals surface area contributed by atoms with Crippen molar-refractivity contribution >= 4 is 11.9 Å². The molecule has 0 saturated heterocycles. The lowest BCUT2D eigenvalue weighted by Crippen LogP contribution is -2.28. The van der Waals surface area contributed by atoms with Gasteiger partial charge in [0.1, 0.15) is 6.61 Å². The molecule has 0 aliphatic heterocycles. The molecule has 1 unspecified atom stereocenters. The SMILES string of the molecule is CCCCCCCCCCCCCCCCCCC(=O)OC(CO)COC(=O)CCCCCCC. The Hall–Kier alpha value is -1.10. The molecule has 0 amide bonds. The van der Waals surface area contributed by atoms with Crippen LogP contribution in [0.2, 0.25) is 0 Å². The van der Waals surface area contributed by atoms with Crippen LogP contribution in [-0.2, 0) is 19.1 Å². The van der Waals surface area contributed by atoms with Gasteiger partial charge in [0, 0.05) is 12.8 Å². The van der Waals surface area contributed by atoms with Crippen molar-refractivity contribution in [1.29, 1.82) is 0 Å². The Labute approximate surface area is 217 Å². The third kappa shape index (κ3) is 25.8. The van der Waals surface area contributed by atoms with Gasteiger partial charge in [0.05, 0.1) is 6.61 Å². The number of unbranched alkanes of at least 4 members (excludes halogenated alkanes) is 19. The van der Waals surface area contributed by atoms with Crippen LogP contribution in [0.1, 0.15) is 162 Å². The lowest BCUT2D eigenvalue weighted by atomic mass is 10.0. The minimum Gasteiger partial charge on any atom is -0.462 e.